The molecule has 158 valence electrons. The highest BCUT2D eigenvalue weighted by molar-refractivity contribution is 5.79. The minimum Gasteiger partial charge on any atom is -0.497 e. The summed E-state index contributed by atoms with van der Waals surface area (Å²) in [6.07, 6.45) is 3.51. The molecule has 0 spiro atoms. The number of guanidine groups is 1. The third-order valence-corrected chi connectivity index (χ3v) is 4.71. The van der Waals surface area contributed by atoms with Crippen LogP contribution in [0.25, 0.3) is 0 Å². The molecule has 1 aliphatic heterocycles. The van der Waals surface area contributed by atoms with Crippen LogP contribution in [0, 0.1) is 5.92 Å². The summed E-state index contributed by atoms with van der Waals surface area (Å²) in [5.41, 5.74) is 0. The Morgan fingerprint density at radius 2 is 2.14 bits per heavy atom. The molecule has 2 atom stereocenters. The minimum absolute atomic E-state index is 0.0689. The van der Waals surface area contributed by atoms with Gasteiger partial charge in [-0.2, -0.15) is 0 Å². The lowest BCUT2D eigenvalue weighted by molar-refractivity contribution is 0.186. The summed E-state index contributed by atoms with van der Waals surface area (Å²) in [6.45, 7) is 5.78. The van der Waals surface area contributed by atoms with Crippen molar-refractivity contribution in [2.24, 2.45) is 10.9 Å². The van der Waals surface area contributed by atoms with Gasteiger partial charge in [0.25, 0.3) is 0 Å². The monoisotopic (exact) mass is 401 g/mol. The first-order valence-electron chi connectivity index (χ1n) is 10.2. The zero-order chi connectivity index (χ0) is 20.3. The molecule has 2 heterocycles. The van der Waals surface area contributed by atoms with Gasteiger partial charge in [0, 0.05) is 38.1 Å². The first-order chi connectivity index (χ1) is 14.2. The SMILES string of the molecule is COc1cccc(OC(C)CN=C(NCCc2ccco2)NCC2CCOC2)c1. The quantitative estimate of drug-likeness (QED) is 0.471. The Morgan fingerprint density at radius 3 is 2.90 bits per heavy atom. The minimum atomic E-state index is -0.0689. The maximum Gasteiger partial charge on any atom is 0.191 e. The largest absolute Gasteiger partial charge is 0.497 e. The third-order valence-electron chi connectivity index (χ3n) is 4.71. The predicted octanol–water partition coefficient (Wildman–Crippen LogP) is 2.87. The van der Waals surface area contributed by atoms with Gasteiger partial charge in [-0.1, -0.05) is 6.07 Å². The number of aliphatic imine (C=N–C) groups is 1. The van der Waals surface area contributed by atoms with E-state index in [0.717, 1.165) is 62.4 Å². The van der Waals surface area contributed by atoms with Gasteiger partial charge < -0.3 is 29.3 Å². The molecular formula is C22H31N3O4. The fourth-order valence-corrected chi connectivity index (χ4v) is 3.08. The normalized spacial score (nSPS) is 17.7. The van der Waals surface area contributed by atoms with Crippen LogP contribution < -0.4 is 20.1 Å². The fourth-order valence-electron chi connectivity index (χ4n) is 3.08. The van der Waals surface area contributed by atoms with Crippen LogP contribution in [0.1, 0.15) is 19.1 Å². The van der Waals surface area contributed by atoms with Gasteiger partial charge in [0.05, 0.1) is 26.5 Å². The van der Waals surface area contributed by atoms with Crippen LogP contribution in [-0.2, 0) is 11.2 Å². The highest BCUT2D eigenvalue weighted by Gasteiger charge is 2.16. The van der Waals surface area contributed by atoms with Gasteiger partial charge in [0.2, 0.25) is 0 Å². The summed E-state index contributed by atoms with van der Waals surface area (Å²) in [5, 5.41) is 6.81. The number of ether oxygens (including phenoxy) is 3. The Hall–Kier alpha value is -2.67. The zero-order valence-electron chi connectivity index (χ0n) is 17.2. The van der Waals surface area contributed by atoms with Crippen LogP contribution in [0.15, 0.2) is 52.1 Å². The van der Waals surface area contributed by atoms with Crippen molar-refractivity contribution in [2.75, 3.05) is 40.0 Å². The van der Waals surface area contributed by atoms with Crippen molar-refractivity contribution in [3.63, 3.8) is 0 Å². The smallest absolute Gasteiger partial charge is 0.191 e. The lowest BCUT2D eigenvalue weighted by atomic mass is 10.1. The fraction of sp³-hybridized carbons (Fsp3) is 0.500. The average Bonchev–Trinajstić information content (AvgIpc) is 3.44. The van der Waals surface area contributed by atoms with Crippen LogP contribution >= 0.6 is 0 Å². The van der Waals surface area contributed by atoms with Crippen molar-refractivity contribution >= 4 is 5.96 Å². The molecule has 2 unspecified atom stereocenters. The molecule has 1 fully saturated rings. The van der Waals surface area contributed by atoms with Gasteiger partial charge in [-0.25, -0.2) is 4.99 Å². The molecule has 2 N–H and O–H groups in total. The number of hydrogen-bond donors (Lipinski definition) is 2. The molecule has 0 amide bonds. The van der Waals surface area contributed by atoms with E-state index in [9.17, 15) is 0 Å². The second-order valence-electron chi connectivity index (χ2n) is 7.16. The van der Waals surface area contributed by atoms with Crippen molar-refractivity contribution in [1.82, 2.24) is 10.6 Å². The van der Waals surface area contributed by atoms with Gasteiger partial charge in [-0.05, 0) is 37.6 Å². The topological polar surface area (TPSA) is 77.2 Å². The molecule has 0 radical (unpaired) electrons. The highest BCUT2D eigenvalue weighted by atomic mass is 16.5. The molecule has 7 heteroatoms. The van der Waals surface area contributed by atoms with Gasteiger partial charge >= 0.3 is 0 Å². The van der Waals surface area contributed by atoms with Crippen molar-refractivity contribution in [3.8, 4) is 11.5 Å². The number of rotatable bonds is 10. The van der Waals surface area contributed by atoms with Crippen LogP contribution in [0.2, 0.25) is 0 Å². The summed E-state index contributed by atoms with van der Waals surface area (Å²) in [7, 11) is 1.65. The van der Waals surface area contributed by atoms with Gasteiger partial charge in [0.1, 0.15) is 23.4 Å². The van der Waals surface area contributed by atoms with Crippen LogP contribution in [0.3, 0.4) is 0 Å². The summed E-state index contributed by atoms with van der Waals surface area (Å²) < 4.78 is 22.1. The van der Waals surface area contributed by atoms with E-state index in [0.29, 0.717) is 12.5 Å². The third kappa shape index (κ3) is 7.34. The number of hydrogen-bond acceptors (Lipinski definition) is 5. The number of methoxy groups -OCH3 is 1. The first kappa shape index (κ1) is 21.0. The number of nitrogens with zero attached hydrogens (tertiary/aromatic N) is 1. The standard InChI is InChI=1S/C22H31N3O4/c1-17(29-21-6-3-5-20(13-21)26-2)14-24-22(25-15-18-9-12-27-16-18)23-10-8-19-7-4-11-28-19/h3-7,11,13,17-18H,8-10,12,14-16H2,1-2H3,(H2,23,24,25). The second-order valence-corrected chi connectivity index (χ2v) is 7.16. The van der Waals surface area contributed by atoms with Gasteiger partial charge in [0.15, 0.2) is 5.96 Å². The van der Waals surface area contributed by atoms with E-state index in [2.05, 4.69) is 10.6 Å². The highest BCUT2D eigenvalue weighted by Crippen LogP contribution is 2.20. The number of furan rings is 1. The van der Waals surface area contributed by atoms with E-state index in [-0.39, 0.29) is 6.10 Å². The molecule has 1 saturated heterocycles. The number of benzene rings is 1. The van der Waals surface area contributed by atoms with Gasteiger partial charge in [-0.15, -0.1) is 0 Å². The second kappa shape index (κ2) is 11.4. The predicted molar refractivity (Wildman–Crippen MR) is 113 cm³/mol. The van der Waals surface area contributed by atoms with E-state index in [4.69, 9.17) is 23.6 Å². The van der Waals surface area contributed by atoms with Crippen LogP contribution in [-0.4, -0.2) is 52.0 Å². The van der Waals surface area contributed by atoms with Crippen molar-refractivity contribution < 1.29 is 18.6 Å². The number of nitrogens with one attached hydrogen (secondary N) is 2. The molecule has 0 aliphatic carbocycles. The van der Waals surface area contributed by atoms with E-state index in [1.54, 1.807) is 13.4 Å². The Morgan fingerprint density at radius 1 is 1.24 bits per heavy atom. The average molecular weight is 402 g/mol. The van der Waals surface area contributed by atoms with E-state index in [1.165, 1.54) is 0 Å². The summed E-state index contributed by atoms with van der Waals surface area (Å²) in [4.78, 5) is 4.71. The summed E-state index contributed by atoms with van der Waals surface area (Å²) >= 11 is 0. The van der Waals surface area contributed by atoms with E-state index in [1.807, 2.05) is 43.3 Å². The molecular weight excluding hydrogens is 370 g/mol. The Kier molecular flexibility index (Phi) is 8.25. The summed E-state index contributed by atoms with van der Waals surface area (Å²) in [5.74, 6) is 3.81. The Balaban J connectivity index is 1.51. The molecule has 1 aromatic heterocycles. The van der Waals surface area contributed by atoms with Gasteiger partial charge in [-0.3, -0.25) is 0 Å². The Labute approximate surface area is 172 Å². The Bertz CT molecular complexity index is 742. The molecule has 1 aliphatic rings. The van der Waals surface area contributed by atoms with Crippen molar-refractivity contribution in [2.45, 2.75) is 25.9 Å². The molecule has 7 nitrogen and oxygen atoms in total. The molecule has 0 bridgehead atoms. The molecule has 2 aromatic rings. The van der Waals surface area contributed by atoms with Crippen molar-refractivity contribution in [1.29, 1.82) is 0 Å². The lowest BCUT2D eigenvalue weighted by Crippen LogP contribution is -2.41. The molecule has 3 rings (SSSR count). The summed E-state index contributed by atoms with van der Waals surface area (Å²) in [6, 6.07) is 11.5. The lowest BCUT2D eigenvalue weighted by Gasteiger charge is -2.17. The first-order valence-corrected chi connectivity index (χ1v) is 10.2. The molecule has 1 aromatic carbocycles. The molecule has 0 saturated carbocycles. The van der Waals surface area contributed by atoms with Crippen molar-refractivity contribution in [3.05, 3.63) is 48.4 Å². The molecule has 29 heavy (non-hydrogen) atoms. The van der Waals surface area contributed by atoms with Crippen LogP contribution in [0.5, 0.6) is 11.5 Å². The van der Waals surface area contributed by atoms with E-state index < -0.39 is 0 Å². The maximum absolute atomic E-state index is 5.97. The zero-order valence-corrected chi connectivity index (χ0v) is 17.2. The maximum atomic E-state index is 5.97. The van der Waals surface area contributed by atoms with E-state index >= 15 is 0 Å². The van der Waals surface area contributed by atoms with Crippen LogP contribution in [0.4, 0.5) is 0 Å².